The van der Waals surface area contributed by atoms with Gasteiger partial charge in [-0.3, -0.25) is 5.01 Å². The lowest BCUT2D eigenvalue weighted by molar-refractivity contribution is 0.251. The van der Waals surface area contributed by atoms with E-state index in [1.807, 2.05) is 49.4 Å². The Morgan fingerprint density at radius 2 is 1.72 bits per heavy atom. The second-order valence-electron chi connectivity index (χ2n) is 9.13. The number of aromatic nitrogens is 2. The van der Waals surface area contributed by atoms with E-state index in [-0.39, 0.29) is 4.90 Å². The molecule has 1 atom stereocenters. The highest BCUT2D eigenvalue weighted by atomic mass is 32.2. The van der Waals surface area contributed by atoms with Gasteiger partial charge in [0.1, 0.15) is 5.82 Å². The van der Waals surface area contributed by atoms with Crippen LogP contribution in [-0.4, -0.2) is 41.7 Å². The Hall–Kier alpha value is -3.49. The molecule has 0 amide bonds. The molecule has 0 fully saturated rings. The first kappa shape index (κ1) is 24.2. The van der Waals surface area contributed by atoms with Crippen molar-refractivity contribution in [1.82, 2.24) is 15.0 Å². The van der Waals surface area contributed by atoms with Crippen LogP contribution < -0.4 is 5.01 Å². The molecule has 1 unspecified atom stereocenters. The SMILES string of the molecule is Cc1[nH]cnc1CN1c2ccccc2CC(S(=O)(=O)c2ccc(F)cc2)CN1CCc1ccccc1. The van der Waals surface area contributed by atoms with Crippen molar-refractivity contribution in [2.75, 3.05) is 18.1 Å². The van der Waals surface area contributed by atoms with Gasteiger partial charge in [-0.25, -0.2) is 22.8 Å². The summed E-state index contributed by atoms with van der Waals surface area (Å²) in [4.78, 5) is 7.80. The van der Waals surface area contributed by atoms with Crippen LogP contribution in [0.3, 0.4) is 0 Å². The summed E-state index contributed by atoms with van der Waals surface area (Å²) in [6, 6.07) is 23.3. The van der Waals surface area contributed by atoms with Crippen LogP contribution in [0.4, 0.5) is 10.1 Å². The average Bonchev–Trinajstić information content (AvgIpc) is 3.22. The number of halogens is 1. The summed E-state index contributed by atoms with van der Waals surface area (Å²) in [5, 5.41) is 3.62. The van der Waals surface area contributed by atoms with Gasteiger partial charge < -0.3 is 4.98 Å². The van der Waals surface area contributed by atoms with Crippen LogP contribution in [0.25, 0.3) is 0 Å². The van der Waals surface area contributed by atoms with Crippen LogP contribution in [0.5, 0.6) is 0 Å². The molecule has 0 bridgehead atoms. The number of hydrazine groups is 1. The van der Waals surface area contributed by atoms with E-state index in [0.717, 1.165) is 29.1 Å². The Bertz CT molecular complexity index is 1420. The smallest absolute Gasteiger partial charge is 0.182 e. The Labute approximate surface area is 211 Å². The largest absolute Gasteiger partial charge is 0.348 e. The minimum Gasteiger partial charge on any atom is -0.348 e. The molecule has 0 aliphatic carbocycles. The van der Waals surface area contributed by atoms with Crippen LogP contribution in [0, 0.1) is 12.7 Å². The Morgan fingerprint density at radius 3 is 2.44 bits per heavy atom. The zero-order chi connectivity index (χ0) is 25.1. The molecule has 8 heteroatoms. The fraction of sp³-hybridized carbons (Fsp3) is 0.250. The Balaban J connectivity index is 1.55. The van der Waals surface area contributed by atoms with Gasteiger partial charge in [0, 0.05) is 18.8 Å². The van der Waals surface area contributed by atoms with Crippen molar-refractivity contribution in [3.05, 3.63) is 114 Å². The lowest BCUT2D eigenvalue weighted by Gasteiger charge is -2.36. The van der Waals surface area contributed by atoms with Gasteiger partial charge in [0.05, 0.1) is 34.4 Å². The first-order chi connectivity index (χ1) is 17.4. The van der Waals surface area contributed by atoms with Gasteiger partial charge in [0.15, 0.2) is 9.84 Å². The number of sulfone groups is 1. The third-order valence-corrected chi connectivity index (χ3v) is 8.91. The number of rotatable bonds is 7. The zero-order valence-electron chi connectivity index (χ0n) is 20.1. The minimum atomic E-state index is -3.71. The lowest BCUT2D eigenvalue weighted by Crippen LogP contribution is -2.47. The number of aryl methyl sites for hydroxylation is 1. The number of hydrogen-bond donors (Lipinski definition) is 1. The van der Waals surface area contributed by atoms with Crippen molar-refractivity contribution < 1.29 is 12.8 Å². The number of H-pyrrole nitrogens is 1. The summed E-state index contributed by atoms with van der Waals surface area (Å²) in [6.07, 6.45) is 2.82. The number of benzene rings is 3. The molecule has 0 spiro atoms. The van der Waals surface area contributed by atoms with Gasteiger partial charge >= 0.3 is 0 Å². The first-order valence-electron chi connectivity index (χ1n) is 12.0. The highest BCUT2D eigenvalue weighted by molar-refractivity contribution is 7.92. The van der Waals surface area contributed by atoms with Gasteiger partial charge in [-0.1, -0.05) is 48.5 Å². The lowest BCUT2D eigenvalue weighted by atomic mass is 10.1. The molecule has 36 heavy (non-hydrogen) atoms. The molecule has 0 saturated carbocycles. The fourth-order valence-electron chi connectivity index (χ4n) is 4.74. The number of nitrogens with one attached hydrogen (secondary N) is 1. The third-order valence-electron chi connectivity index (χ3n) is 6.79. The molecule has 6 nitrogen and oxygen atoms in total. The topological polar surface area (TPSA) is 69.3 Å². The second-order valence-corrected chi connectivity index (χ2v) is 11.4. The summed E-state index contributed by atoms with van der Waals surface area (Å²) in [5.74, 6) is -0.454. The highest BCUT2D eigenvalue weighted by Gasteiger charge is 2.36. The predicted octanol–water partition coefficient (Wildman–Crippen LogP) is 4.72. The highest BCUT2D eigenvalue weighted by Crippen LogP contribution is 2.32. The molecule has 1 aliphatic heterocycles. The predicted molar refractivity (Wildman–Crippen MR) is 139 cm³/mol. The van der Waals surface area contributed by atoms with Crippen LogP contribution in [-0.2, 0) is 29.2 Å². The average molecular weight is 505 g/mol. The van der Waals surface area contributed by atoms with Crippen LogP contribution >= 0.6 is 0 Å². The maximum atomic E-state index is 13.8. The molecule has 0 radical (unpaired) electrons. The minimum absolute atomic E-state index is 0.144. The molecular weight excluding hydrogens is 475 g/mol. The summed E-state index contributed by atoms with van der Waals surface area (Å²) in [7, 11) is -3.71. The first-order valence-corrected chi connectivity index (χ1v) is 13.6. The molecule has 4 aromatic rings. The number of fused-ring (bicyclic) bond motifs is 1. The van der Waals surface area contributed by atoms with Gasteiger partial charge in [-0.05, 0) is 61.2 Å². The maximum Gasteiger partial charge on any atom is 0.182 e. The number of nitrogens with zero attached hydrogens (tertiary/aromatic N) is 3. The van der Waals surface area contributed by atoms with E-state index in [2.05, 4.69) is 32.1 Å². The Kier molecular flexibility index (Phi) is 6.89. The monoisotopic (exact) mass is 504 g/mol. The van der Waals surface area contributed by atoms with Crippen molar-refractivity contribution >= 4 is 15.5 Å². The molecule has 3 aromatic carbocycles. The molecule has 1 N–H and O–H groups in total. The van der Waals surface area contributed by atoms with E-state index in [4.69, 9.17) is 0 Å². The summed E-state index contributed by atoms with van der Waals surface area (Å²) >= 11 is 0. The number of aromatic amines is 1. The molecule has 0 saturated heterocycles. The van der Waals surface area contributed by atoms with Gasteiger partial charge in [0.25, 0.3) is 0 Å². The number of para-hydroxylation sites is 1. The quantitative estimate of drug-likeness (QED) is 0.369. The van der Waals surface area contributed by atoms with E-state index in [0.29, 0.717) is 26.1 Å². The molecule has 186 valence electrons. The summed E-state index contributed by atoms with van der Waals surface area (Å²) in [5.41, 5.74) is 5.02. The number of imidazole rings is 1. The molecule has 1 aliphatic rings. The van der Waals surface area contributed by atoms with Crippen molar-refractivity contribution in [3.8, 4) is 0 Å². The second kappa shape index (κ2) is 10.2. The maximum absolute atomic E-state index is 13.8. The van der Waals surface area contributed by atoms with E-state index < -0.39 is 20.9 Å². The standard InChI is InChI=1S/C28H29FN4O2S/c1-21-27(31-20-30-21)19-33-28-10-6-5-9-23(28)17-26(36(34,35)25-13-11-24(29)12-14-25)18-32(33)16-15-22-7-3-2-4-8-22/h2-14,20,26H,15-19H2,1H3,(H,30,31). The number of anilines is 1. The molecule has 1 aromatic heterocycles. The zero-order valence-corrected chi connectivity index (χ0v) is 21.0. The van der Waals surface area contributed by atoms with E-state index >= 15 is 0 Å². The van der Waals surface area contributed by atoms with Gasteiger partial charge in [-0.2, -0.15) is 0 Å². The fourth-order valence-corrected chi connectivity index (χ4v) is 6.41. The molecular formula is C28H29FN4O2S. The van der Waals surface area contributed by atoms with Crippen LogP contribution in [0.2, 0.25) is 0 Å². The molecule has 5 rings (SSSR count). The van der Waals surface area contributed by atoms with Gasteiger partial charge in [-0.15, -0.1) is 0 Å². The molecule has 2 heterocycles. The van der Waals surface area contributed by atoms with Crippen LogP contribution in [0.15, 0.2) is 90.1 Å². The number of hydrogen-bond acceptors (Lipinski definition) is 5. The van der Waals surface area contributed by atoms with E-state index in [1.165, 1.54) is 29.8 Å². The van der Waals surface area contributed by atoms with Crippen molar-refractivity contribution in [3.63, 3.8) is 0 Å². The van der Waals surface area contributed by atoms with E-state index in [9.17, 15) is 12.8 Å². The van der Waals surface area contributed by atoms with Crippen LogP contribution in [0.1, 0.15) is 22.5 Å². The summed E-state index contributed by atoms with van der Waals surface area (Å²) < 4.78 is 41.1. The Morgan fingerprint density at radius 1 is 1.00 bits per heavy atom. The normalized spacial score (nSPS) is 16.5. The van der Waals surface area contributed by atoms with Gasteiger partial charge in [0.2, 0.25) is 0 Å². The summed E-state index contributed by atoms with van der Waals surface area (Å²) in [6.45, 7) is 3.45. The van der Waals surface area contributed by atoms with Crippen molar-refractivity contribution in [2.45, 2.75) is 36.5 Å². The van der Waals surface area contributed by atoms with Crippen molar-refractivity contribution in [2.24, 2.45) is 0 Å². The van der Waals surface area contributed by atoms with E-state index in [1.54, 1.807) is 6.33 Å². The third kappa shape index (κ3) is 5.05. The van der Waals surface area contributed by atoms with Crippen molar-refractivity contribution in [1.29, 1.82) is 0 Å².